The molecule has 1 aliphatic carbocycles. The Balaban J connectivity index is 2.01. The van der Waals surface area contributed by atoms with E-state index in [2.05, 4.69) is 17.1 Å². The van der Waals surface area contributed by atoms with E-state index in [-0.39, 0.29) is 5.78 Å². The number of nitrogens with two attached hydrogens (primary N) is 1. The molecule has 0 spiro atoms. The van der Waals surface area contributed by atoms with E-state index in [0.717, 1.165) is 40.9 Å². The number of hydrogen-bond acceptors (Lipinski definition) is 5. The third kappa shape index (κ3) is 2.78. The van der Waals surface area contributed by atoms with E-state index in [1.54, 1.807) is 12.4 Å². The molecule has 140 valence electrons. The summed E-state index contributed by atoms with van der Waals surface area (Å²) in [6, 6.07) is 12.2. The summed E-state index contributed by atoms with van der Waals surface area (Å²) in [5, 5.41) is 10.0. The number of hydrogen-bond donors (Lipinski definition) is 1. The zero-order chi connectivity index (χ0) is 19.8. The molecule has 0 saturated heterocycles. The summed E-state index contributed by atoms with van der Waals surface area (Å²) in [5.41, 5.74) is 12.5. The van der Waals surface area contributed by atoms with Gasteiger partial charge in [0.1, 0.15) is 5.82 Å². The monoisotopic (exact) mass is 370 g/mol. The van der Waals surface area contributed by atoms with Gasteiger partial charge >= 0.3 is 0 Å². The maximum Gasteiger partial charge on any atom is 0.161 e. The van der Waals surface area contributed by atoms with Crippen LogP contribution < -0.4 is 10.6 Å². The average molecular weight is 370 g/mol. The molecule has 1 atom stereocenters. The second-order valence-corrected chi connectivity index (χ2v) is 7.39. The molecule has 1 aliphatic heterocycles. The number of benzene rings is 1. The molecule has 1 aromatic heterocycles. The Morgan fingerprint density at radius 2 is 2.07 bits per heavy atom. The number of carbonyl (C=O) groups excluding carboxylic acids is 1. The lowest BCUT2D eigenvalue weighted by Gasteiger charge is -2.39. The highest BCUT2D eigenvalue weighted by Gasteiger charge is 2.40. The van der Waals surface area contributed by atoms with Gasteiger partial charge in [-0.15, -0.1) is 0 Å². The Hall–Kier alpha value is -3.39. The minimum atomic E-state index is -0.416. The summed E-state index contributed by atoms with van der Waals surface area (Å²) >= 11 is 0. The molecule has 5 nitrogen and oxygen atoms in total. The van der Waals surface area contributed by atoms with Crippen LogP contribution in [0.4, 0.5) is 5.69 Å². The van der Waals surface area contributed by atoms with Crippen molar-refractivity contribution in [3.05, 3.63) is 82.1 Å². The van der Waals surface area contributed by atoms with E-state index in [4.69, 9.17) is 5.73 Å². The van der Waals surface area contributed by atoms with Crippen LogP contribution in [0.2, 0.25) is 0 Å². The summed E-state index contributed by atoms with van der Waals surface area (Å²) < 4.78 is 0. The van der Waals surface area contributed by atoms with E-state index in [0.29, 0.717) is 23.4 Å². The normalized spacial score (nSPS) is 19.5. The Labute approximate surface area is 164 Å². The molecule has 0 bridgehead atoms. The Bertz CT molecular complexity index is 1060. The van der Waals surface area contributed by atoms with E-state index >= 15 is 0 Å². The summed E-state index contributed by atoms with van der Waals surface area (Å²) in [5.74, 6) is 0.0665. The molecule has 0 fully saturated rings. The molecule has 2 heterocycles. The van der Waals surface area contributed by atoms with Crippen molar-refractivity contribution in [2.75, 3.05) is 4.90 Å². The van der Waals surface area contributed by atoms with Crippen LogP contribution in [0.15, 0.2) is 65.4 Å². The van der Waals surface area contributed by atoms with Crippen molar-refractivity contribution in [1.29, 1.82) is 5.26 Å². The second kappa shape index (κ2) is 6.97. The van der Waals surface area contributed by atoms with Crippen LogP contribution >= 0.6 is 0 Å². The van der Waals surface area contributed by atoms with Gasteiger partial charge in [-0.3, -0.25) is 14.7 Å². The molecule has 0 radical (unpaired) electrons. The summed E-state index contributed by atoms with van der Waals surface area (Å²) in [4.78, 5) is 19.1. The predicted octanol–water partition coefficient (Wildman–Crippen LogP) is 4.00. The van der Waals surface area contributed by atoms with Gasteiger partial charge < -0.3 is 5.73 Å². The van der Waals surface area contributed by atoms with Crippen molar-refractivity contribution >= 4 is 11.5 Å². The number of Topliss-reactive ketones (excluding diaryl/α,β-unsaturated/α-hetero) is 1. The summed E-state index contributed by atoms with van der Waals surface area (Å²) in [6.07, 6.45) is 5.43. The zero-order valence-electron chi connectivity index (χ0n) is 16.1. The van der Waals surface area contributed by atoms with E-state index in [1.807, 2.05) is 43.0 Å². The van der Waals surface area contributed by atoms with Crippen LogP contribution in [0.25, 0.3) is 0 Å². The number of carbonyl (C=O) groups is 1. The lowest BCUT2D eigenvalue weighted by molar-refractivity contribution is -0.116. The highest BCUT2D eigenvalue weighted by Crippen LogP contribution is 2.46. The first-order valence-electron chi connectivity index (χ1n) is 9.46. The Morgan fingerprint density at radius 1 is 1.25 bits per heavy atom. The molecular weight excluding hydrogens is 348 g/mol. The molecule has 2 aliphatic rings. The Morgan fingerprint density at radius 3 is 2.79 bits per heavy atom. The number of pyridine rings is 1. The number of rotatable bonds is 2. The number of anilines is 1. The van der Waals surface area contributed by atoms with Gasteiger partial charge in [0.25, 0.3) is 0 Å². The smallest absolute Gasteiger partial charge is 0.161 e. The van der Waals surface area contributed by atoms with Crippen molar-refractivity contribution in [3.8, 4) is 6.07 Å². The first-order valence-corrected chi connectivity index (χ1v) is 9.46. The van der Waals surface area contributed by atoms with Gasteiger partial charge in [0.15, 0.2) is 5.78 Å². The molecule has 1 aromatic carbocycles. The minimum absolute atomic E-state index is 0.0984. The topological polar surface area (TPSA) is 83.0 Å². The lowest BCUT2D eigenvalue weighted by Crippen LogP contribution is -2.38. The molecule has 1 unspecified atom stereocenters. The quantitative estimate of drug-likeness (QED) is 0.864. The number of aryl methyl sites for hydroxylation is 2. The van der Waals surface area contributed by atoms with Crippen LogP contribution in [-0.4, -0.2) is 10.8 Å². The number of aromatic nitrogens is 1. The molecule has 28 heavy (non-hydrogen) atoms. The second-order valence-electron chi connectivity index (χ2n) is 7.39. The van der Waals surface area contributed by atoms with Gasteiger partial charge in [0, 0.05) is 23.9 Å². The van der Waals surface area contributed by atoms with E-state index < -0.39 is 5.92 Å². The molecule has 5 heteroatoms. The van der Waals surface area contributed by atoms with Crippen LogP contribution in [0.3, 0.4) is 0 Å². The van der Waals surface area contributed by atoms with Crippen molar-refractivity contribution in [1.82, 2.24) is 4.98 Å². The summed E-state index contributed by atoms with van der Waals surface area (Å²) in [7, 11) is 0. The number of ketones is 1. The van der Waals surface area contributed by atoms with E-state index in [1.165, 1.54) is 0 Å². The van der Waals surface area contributed by atoms with Crippen molar-refractivity contribution < 1.29 is 4.79 Å². The third-order valence-corrected chi connectivity index (χ3v) is 5.56. The van der Waals surface area contributed by atoms with Crippen molar-refractivity contribution in [2.24, 2.45) is 5.73 Å². The van der Waals surface area contributed by atoms with Crippen molar-refractivity contribution in [2.45, 2.75) is 39.0 Å². The fourth-order valence-electron chi connectivity index (χ4n) is 4.25. The highest BCUT2D eigenvalue weighted by molar-refractivity contribution is 6.01. The van der Waals surface area contributed by atoms with Gasteiger partial charge in [-0.2, -0.15) is 5.26 Å². The van der Waals surface area contributed by atoms with Crippen molar-refractivity contribution in [3.63, 3.8) is 0 Å². The highest BCUT2D eigenvalue weighted by atomic mass is 16.1. The summed E-state index contributed by atoms with van der Waals surface area (Å²) in [6.45, 7) is 4.03. The van der Waals surface area contributed by atoms with Gasteiger partial charge in [0.2, 0.25) is 0 Å². The lowest BCUT2D eigenvalue weighted by atomic mass is 9.74. The number of nitriles is 1. The van der Waals surface area contributed by atoms with Crippen LogP contribution in [-0.2, 0) is 4.79 Å². The van der Waals surface area contributed by atoms with E-state index in [9.17, 15) is 10.1 Å². The molecule has 2 aromatic rings. The molecule has 2 N–H and O–H groups in total. The van der Waals surface area contributed by atoms with Gasteiger partial charge in [-0.05, 0) is 49.9 Å². The number of nitrogens with zero attached hydrogens (tertiary/aromatic N) is 3. The standard InChI is InChI=1S/C23H22N4O/c1-14-8-9-15(2)17(11-14)21-18(12-24)23(25)27(16-5-4-10-26-13-16)19-6-3-7-20(28)22(19)21/h4-5,8-11,13,21H,3,6-7,25H2,1-2H3. The van der Waals surface area contributed by atoms with Gasteiger partial charge in [0.05, 0.1) is 29.4 Å². The SMILES string of the molecule is Cc1ccc(C)c(C2C(C#N)=C(N)N(c3cccnc3)C3=C2C(=O)CCC3)c1. The average Bonchev–Trinajstić information content (AvgIpc) is 2.70. The number of allylic oxidation sites excluding steroid dienone is 3. The molecule has 0 saturated carbocycles. The van der Waals surface area contributed by atoms with Gasteiger partial charge in [-0.1, -0.05) is 23.8 Å². The molecule has 4 rings (SSSR count). The first kappa shape index (κ1) is 18.0. The molecule has 0 amide bonds. The molecular formula is C23H22N4O. The van der Waals surface area contributed by atoms with Crippen LogP contribution in [0.5, 0.6) is 0 Å². The van der Waals surface area contributed by atoms with Gasteiger partial charge in [-0.25, -0.2) is 0 Å². The zero-order valence-corrected chi connectivity index (χ0v) is 16.1. The third-order valence-electron chi connectivity index (χ3n) is 5.56. The van der Waals surface area contributed by atoms with Crippen LogP contribution in [0.1, 0.15) is 41.9 Å². The maximum absolute atomic E-state index is 13.1. The fourth-order valence-corrected chi connectivity index (χ4v) is 4.25. The van der Waals surface area contributed by atoms with Crippen LogP contribution in [0, 0.1) is 25.2 Å². The maximum atomic E-state index is 13.1. The Kier molecular flexibility index (Phi) is 4.48. The largest absolute Gasteiger partial charge is 0.384 e. The fraction of sp³-hybridized carbons (Fsp3) is 0.261. The first-order chi connectivity index (χ1) is 13.5. The predicted molar refractivity (Wildman–Crippen MR) is 108 cm³/mol. The minimum Gasteiger partial charge on any atom is -0.384 e.